The van der Waals surface area contributed by atoms with Crippen molar-refractivity contribution in [2.45, 2.75) is 25.7 Å². The Morgan fingerprint density at radius 3 is 2.50 bits per heavy atom. The maximum atomic E-state index is 5.35. The van der Waals surface area contributed by atoms with Crippen molar-refractivity contribution >= 4 is 0 Å². The van der Waals surface area contributed by atoms with Crippen LogP contribution in [0.1, 0.15) is 25.7 Å². The molecule has 2 aliphatic rings. The number of nitrogens with one attached hydrogen (secondary N) is 1. The van der Waals surface area contributed by atoms with Crippen molar-refractivity contribution in [3.8, 4) is 0 Å². The number of ether oxygens (including phenoxy) is 1. The van der Waals surface area contributed by atoms with Crippen LogP contribution in [0.15, 0.2) is 12.2 Å². The summed E-state index contributed by atoms with van der Waals surface area (Å²) < 4.78 is 5.35. The largest absolute Gasteiger partial charge is 0.381 e. The molecule has 2 rings (SSSR count). The molecule has 2 saturated heterocycles. The lowest BCUT2D eigenvalue weighted by molar-refractivity contribution is 0.0784. The van der Waals surface area contributed by atoms with Gasteiger partial charge >= 0.3 is 0 Å². The highest BCUT2D eigenvalue weighted by atomic mass is 16.5. The Morgan fingerprint density at radius 1 is 1.00 bits per heavy atom. The summed E-state index contributed by atoms with van der Waals surface area (Å²) in [5.41, 5.74) is 0. The maximum Gasteiger partial charge on any atom is 0.0471 e. The second kappa shape index (κ2) is 5.52. The highest BCUT2D eigenvalue weighted by Crippen LogP contribution is 2.18. The SMILES string of the molecule is C(=C\C1CCCNC1)/C1CCOCC1. The van der Waals surface area contributed by atoms with Crippen LogP contribution in [0.3, 0.4) is 0 Å². The smallest absolute Gasteiger partial charge is 0.0471 e. The molecule has 0 aromatic heterocycles. The summed E-state index contributed by atoms with van der Waals surface area (Å²) in [6, 6.07) is 0. The first-order valence-corrected chi connectivity index (χ1v) is 5.92. The Balaban J connectivity index is 1.73. The summed E-state index contributed by atoms with van der Waals surface area (Å²) in [6.45, 7) is 4.30. The highest BCUT2D eigenvalue weighted by Gasteiger charge is 2.13. The minimum Gasteiger partial charge on any atom is -0.381 e. The molecule has 80 valence electrons. The fourth-order valence-corrected chi connectivity index (χ4v) is 2.27. The topological polar surface area (TPSA) is 21.3 Å². The molecule has 0 bridgehead atoms. The van der Waals surface area contributed by atoms with E-state index in [4.69, 9.17) is 4.74 Å². The average molecular weight is 195 g/mol. The maximum absolute atomic E-state index is 5.35. The lowest BCUT2D eigenvalue weighted by atomic mass is 9.94. The van der Waals surface area contributed by atoms with Crippen LogP contribution in [0, 0.1) is 11.8 Å². The van der Waals surface area contributed by atoms with Crippen LogP contribution in [-0.2, 0) is 4.74 Å². The molecule has 0 aliphatic carbocycles. The Labute approximate surface area is 86.7 Å². The van der Waals surface area contributed by atoms with Crippen LogP contribution < -0.4 is 5.32 Å². The van der Waals surface area contributed by atoms with Crippen molar-refractivity contribution in [3.63, 3.8) is 0 Å². The van der Waals surface area contributed by atoms with Crippen molar-refractivity contribution < 1.29 is 4.74 Å². The lowest BCUT2D eigenvalue weighted by Crippen LogP contribution is -2.28. The molecule has 0 saturated carbocycles. The zero-order chi connectivity index (χ0) is 9.64. The minimum absolute atomic E-state index is 0.783. The molecular formula is C12H21NO. The van der Waals surface area contributed by atoms with Crippen molar-refractivity contribution in [2.75, 3.05) is 26.3 Å². The molecule has 1 atom stereocenters. The van der Waals surface area contributed by atoms with Gasteiger partial charge < -0.3 is 10.1 Å². The molecule has 2 aliphatic heterocycles. The fourth-order valence-electron chi connectivity index (χ4n) is 2.27. The molecule has 1 unspecified atom stereocenters. The first-order valence-electron chi connectivity index (χ1n) is 5.92. The van der Waals surface area contributed by atoms with E-state index in [0.29, 0.717) is 0 Å². The molecule has 0 aromatic rings. The molecular weight excluding hydrogens is 174 g/mol. The molecule has 2 fully saturated rings. The van der Waals surface area contributed by atoms with E-state index in [2.05, 4.69) is 17.5 Å². The van der Waals surface area contributed by atoms with Gasteiger partial charge in [-0.05, 0) is 44.1 Å². The molecule has 2 heterocycles. The first kappa shape index (κ1) is 10.2. The van der Waals surface area contributed by atoms with Crippen LogP contribution in [0.4, 0.5) is 0 Å². The van der Waals surface area contributed by atoms with Crippen LogP contribution >= 0.6 is 0 Å². The Hall–Kier alpha value is -0.340. The molecule has 14 heavy (non-hydrogen) atoms. The van der Waals surface area contributed by atoms with Gasteiger partial charge in [-0.1, -0.05) is 12.2 Å². The molecule has 0 aromatic carbocycles. The van der Waals surface area contributed by atoms with Crippen LogP contribution in [-0.4, -0.2) is 26.3 Å². The van der Waals surface area contributed by atoms with Gasteiger partial charge in [0.05, 0.1) is 0 Å². The number of piperidine rings is 1. The van der Waals surface area contributed by atoms with Gasteiger partial charge in [0.15, 0.2) is 0 Å². The summed E-state index contributed by atoms with van der Waals surface area (Å²) in [6.07, 6.45) is 10.0. The van der Waals surface area contributed by atoms with Crippen LogP contribution in [0.5, 0.6) is 0 Å². The quantitative estimate of drug-likeness (QED) is 0.680. The van der Waals surface area contributed by atoms with Crippen molar-refractivity contribution in [1.82, 2.24) is 5.32 Å². The zero-order valence-corrected chi connectivity index (χ0v) is 8.87. The van der Waals surface area contributed by atoms with Crippen molar-refractivity contribution in [1.29, 1.82) is 0 Å². The normalized spacial score (nSPS) is 31.0. The van der Waals surface area contributed by atoms with Gasteiger partial charge in [0, 0.05) is 19.8 Å². The standard InChI is InChI=1S/C12H21NO/c1-2-12(10-13-7-1)4-3-11-5-8-14-9-6-11/h3-4,11-13H,1-2,5-10H2/b4-3+. The molecule has 0 amide bonds. The van der Waals surface area contributed by atoms with Gasteiger partial charge in [0.25, 0.3) is 0 Å². The van der Waals surface area contributed by atoms with E-state index in [1.54, 1.807) is 0 Å². The van der Waals surface area contributed by atoms with E-state index in [9.17, 15) is 0 Å². The van der Waals surface area contributed by atoms with Gasteiger partial charge in [-0.25, -0.2) is 0 Å². The monoisotopic (exact) mass is 195 g/mol. The first-order chi connectivity index (χ1) is 6.95. The summed E-state index contributed by atoms with van der Waals surface area (Å²) in [4.78, 5) is 0. The number of allylic oxidation sites excluding steroid dienone is 1. The van der Waals surface area contributed by atoms with Crippen LogP contribution in [0.25, 0.3) is 0 Å². The Bertz CT molecular complexity index is 159. The van der Waals surface area contributed by atoms with E-state index < -0.39 is 0 Å². The molecule has 1 N–H and O–H groups in total. The zero-order valence-electron chi connectivity index (χ0n) is 8.87. The lowest BCUT2D eigenvalue weighted by Gasteiger charge is -2.22. The average Bonchev–Trinajstić information content (AvgIpc) is 2.29. The Kier molecular flexibility index (Phi) is 4.02. The van der Waals surface area contributed by atoms with Crippen LogP contribution in [0.2, 0.25) is 0 Å². The molecule has 0 spiro atoms. The number of rotatable bonds is 2. The summed E-state index contributed by atoms with van der Waals surface area (Å²) in [5.74, 6) is 1.57. The van der Waals surface area contributed by atoms with Gasteiger partial charge in [0.1, 0.15) is 0 Å². The summed E-state index contributed by atoms with van der Waals surface area (Å²) >= 11 is 0. The van der Waals surface area contributed by atoms with E-state index in [1.165, 1.54) is 38.8 Å². The second-order valence-corrected chi connectivity index (χ2v) is 4.44. The number of hydrogen-bond acceptors (Lipinski definition) is 2. The van der Waals surface area contributed by atoms with Gasteiger partial charge in [-0.3, -0.25) is 0 Å². The third-order valence-electron chi connectivity index (χ3n) is 3.26. The summed E-state index contributed by atoms with van der Waals surface area (Å²) in [7, 11) is 0. The van der Waals surface area contributed by atoms with Gasteiger partial charge in [0.2, 0.25) is 0 Å². The molecule has 2 heteroatoms. The van der Waals surface area contributed by atoms with E-state index >= 15 is 0 Å². The molecule has 2 nitrogen and oxygen atoms in total. The predicted molar refractivity (Wildman–Crippen MR) is 58.3 cm³/mol. The predicted octanol–water partition coefficient (Wildman–Crippen LogP) is 1.97. The van der Waals surface area contributed by atoms with E-state index in [0.717, 1.165) is 25.0 Å². The molecule has 0 radical (unpaired) electrons. The van der Waals surface area contributed by atoms with Crippen molar-refractivity contribution in [2.24, 2.45) is 11.8 Å². The summed E-state index contributed by atoms with van der Waals surface area (Å²) in [5, 5.41) is 3.45. The van der Waals surface area contributed by atoms with Crippen molar-refractivity contribution in [3.05, 3.63) is 12.2 Å². The second-order valence-electron chi connectivity index (χ2n) is 4.44. The van der Waals surface area contributed by atoms with Gasteiger partial charge in [-0.2, -0.15) is 0 Å². The van der Waals surface area contributed by atoms with E-state index in [-0.39, 0.29) is 0 Å². The number of hydrogen-bond donors (Lipinski definition) is 1. The van der Waals surface area contributed by atoms with E-state index in [1.807, 2.05) is 0 Å². The highest BCUT2D eigenvalue weighted by molar-refractivity contribution is 4.95. The van der Waals surface area contributed by atoms with Gasteiger partial charge in [-0.15, -0.1) is 0 Å². The third-order valence-corrected chi connectivity index (χ3v) is 3.26. The Morgan fingerprint density at radius 2 is 1.79 bits per heavy atom. The fraction of sp³-hybridized carbons (Fsp3) is 0.833. The minimum atomic E-state index is 0.783. The third kappa shape index (κ3) is 3.10.